The van der Waals surface area contributed by atoms with Crippen LogP contribution in [0.1, 0.15) is 44.7 Å². The molecule has 0 atom stereocenters. The van der Waals surface area contributed by atoms with E-state index in [0.717, 1.165) is 18.5 Å². The van der Waals surface area contributed by atoms with Crippen molar-refractivity contribution in [3.8, 4) is 0 Å². The second-order valence-corrected chi connectivity index (χ2v) is 8.14. The van der Waals surface area contributed by atoms with Crippen molar-refractivity contribution in [3.63, 3.8) is 0 Å². The van der Waals surface area contributed by atoms with Gasteiger partial charge in [-0.2, -0.15) is 0 Å². The molecular weight excluding hydrogens is 455 g/mol. The lowest BCUT2D eigenvalue weighted by Gasteiger charge is -2.33. The highest BCUT2D eigenvalue weighted by atomic mass is 127. The Morgan fingerprint density at radius 1 is 1.22 bits per heavy atom. The number of aryl methyl sites for hydroxylation is 2. The summed E-state index contributed by atoms with van der Waals surface area (Å²) >= 11 is 0. The molecule has 152 valence electrons. The van der Waals surface area contributed by atoms with Crippen molar-refractivity contribution in [3.05, 3.63) is 29.3 Å². The van der Waals surface area contributed by atoms with Gasteiger partial charge >= 0.3 is 6.09 Å². The number of ether oxygens (including phenoxy) is 1. The molecule has 1 fully saturated rings. The van der Waals surface area contributed by atoms with Gasteiger partial charge in [0.15, 0.2) is 5.96 Å². The molecule has 27 heavy (non-hydrogen) atoms. The fourth-order valence-corrected chi connectivity index (χ4v) is 3.09. The second-order valence-electron chi connectivity index (χ2n) is 8.14. The summed E-state index contributed by atoms with van der Waals surface area (Å²) in [7, 11) is 0. The number of hydrogen-bond acceptors (Lipinski definition) is 3. The molecule has 0 bridgehead atoms. The summed E-state index contributed by atoms with van der Waals surface area (Å²) in [5, 5.41) is 3.16. The summed E-state index contributed by atoms with van der Waals surface area (Å²) in [6.07, 6.45) is 1.61. The van der Waals surface area contributed by atoms with E-state index in [1.54, 1.807) is 4.90 Å². The Bertz CT molecular complexity index is 642. The molecule has 1 heterocycles. The molecule has 1 aromatic carbocycles. The van der Waals surface area contributed by atoms with Gasteiger partial charge in [-0.1, -0.05) is 6.07 Å². The number of carbonyl (C=O) groups is 1. The van der Waals surface area contributed by atoms with Crippen molar-refractivity contribution in [1.82, 2.24) is 4.90 Å². The molecule has 0 spiro atoms. The van der Waals surface area contributed by atoms with Crippen molar-refractivity contribution in [2.45, 2.75) is 53.1 Å². The Labute approximate surface area is 179 Å². The van der Waals surface area contributed by atoms with E-state index in [9.17, 15) is 4.79 Å². The van der Waals surface area contributed by atoms with Crippen LogP contribution in [0.2, 0.25) is 0 Å². The van der Waals surface area contributed by atoms with Crippen LogP contribution < -0.4 is 11.1 Å². The van der Waals surface area contributed by atoms with Gasteiger partial charge in [-0.25, -0.2) is 4.79 Å². The first-order chi connectivity index (χ1) is 12.1. The molecule has 0 saturated carbocycles. The van der Waals surface area contributed by atoms with Crippen molar-refractivity contribution in [2.75, 3.05) is 25.0 Å². The number of halogens is 1. The third-order valence-corrected chi connectivity index (χ3v) is 4.28. The number of carbonyl (C=O) groups excluding carboxylic acids is 1. The van der Waals surface area contributed by atoms with Gasteiger partial charge < -0.3 is 20.7 Å². The lowest BCUT2D eigenvalue weighted by Crippen LogP contribution is -2.42. The van der Waals surface area contributed by atoms with Crippen LogP contribution >= 0.6 is 24.0 Å². The summed E-state index contributed by atoms with van der Waals surface area (Å²) in [5.74, 6) is 0.873. The number of nitrogens with one attached hydrogen (secondary N) is 1. The standard InChI is InChI=1S/C20H32N4O2.HI/c1-14-10-15(2)12-17(11-14)23-18(21)22-13-16-6-8-24(9-7-16)19(25)26-20(3,4)5;/h10-12,16H,6-9,13H2,1-5H3,(H3,21,22,23);1H. The zero-order valence-electron chi connectivity index (χ0n) is 17.0. The van der Waals surface area contributed by atoms with Gasteiger partial charge in [0.1, 0.15) is 5.60 Å². The van der Waals surface area contributed by atoms with Crippen molar-refractivity contribution in [1.29, 1.82) is 0 Å². The molecule has 1 aliphatic rings. The fraction of sp³-hybridized carbons (Fsp3) is 0.600. The molecule has 1 saturated heterocycles. The van der Waals surface area contributed by atoms with E-state index >= 15 is 0 Å². The lowest BCUT2D eigenvalue weighted by molar-refractivity contribution is 0.0187. The first-order valence-electron chi connectivity index (χ1n) is 9.25. The molecule has 0 unspecified atom stereocenters. The van der Waals surface area contributed by atoms with Crippen LogP contribution in [0.5, 0.6) is 0 Å². The quantitative estimate of drug-likeness (QED) is 0.378. The number of nitrogens with zero attached hydrogens (tertiary/aromatic N) is 2. The van der Waals surface area contributed by atoms with E-state index in [1.165, 1.54) is 11.1 Å². The lowest BCUT2D eigenvalue weighted by atomic mass is 9.97. The predicted octanol–water partition coefficient (Wildman–Crippen LogP) is 4.30. The van der Waals surface area contributed by atoms with E-state index in [1.807, 2.05) is 20.8 Å². The van der Waals surface area contributed by atoms with Crippen LogP contribution in [0, 0.1) is 19.8 Å². The number of guanidine groups is 1. The molecule has 0 aromatic heterocycles. The third-order valence-electron chi connectivity index (χ3n) is 4.28. The number of rotatable bonds is 3. The number of benzene rings is 1. The van der Waals surface area contributed by atoms with Crippen LogP contribution in [0.4, 0.5) is 10.5 Å². The van der Waals surface area contributed by atoms with Crippen molar-refractivity contribution in [2.24, 2.45) is 16.6 Å². The first kappa shape index (κ1) is 23.5. The van der Waals surface area contributed by atoms with Gasteiger partial charge in [-0.05, 0) is 76.6 Å². The van der Waals surface area contributed by atoms with Crippen molar-refractivity contribution < 1.29 is 9.53 Å². The minimum Gasteiger partial charge on any atom is -0.444 e. The summed E-state index contributed by atoms with van der Waals surface area (Å²) in [4.78, 5) is 18.4. The van der Waals surface area contributed by atoms with E-state index in [4.69, 9.17) is 10.5 Å². The van der Waals surface area contributed by atoms with Crippen LogP contribution in [-0.2, 0) is 4.74 Å². The molecule has 0 aliphatic carbocycles. The highest BCUT2D eigenvalue weighted by molar-refractivity contribution is 14.0. The molecule has 1 amide bonds. The van der Waals surface area contributed by atoms with Crippen molar-refractivity contribution >= 4 is 41.7 Å². The highest BCUT2D eigenvalue weighted by Crippen LogP contribution is 2.20. The van der Waals surface area contributed by atoms with E-state index in [2.05, 4.69) is 42.4 Å². The summed E-state index contributed by atoms with van der Waals surface area (Å²) in [6, 6.07) is 6.22. The molecule has 6 nitrogen and oxygen atoms in total. The molecule has 7 heteroatoms. The smallest absolute Gasteiger partial charge is 0.410 e. The molecule has 1 aromatic rings. The minimum atomic E-state index is -0.452. The third kappa shape index (κ3) is 8.36. The Balaban J connectivity index is 0.00000364. The summed E-state index contributed by atoms with van der Waals surface area (Å²) in [6.45, 7) is 11.9. The molecule has 2 rings (SSSR count). The normalized spacial score (nSPS) is 15.9. The number of hydrogen-bond donors (Lipinski definition) is 2. The largest absolute Gasteiger partial charge is 0.444 e. The Kier molecular flexibility index (Phi) is 8.84. The maximum Gasteiger partial charge on any atom is 0.410 e. The van der Waals surface area contributed by atoms with Crippen LogP contribution in [0.15, 0.2) is 23.2 Å². The SMILES string of the molecule is Cc1cc(C)cc(NC(N)=NCC2CCN(C(=O)OC(C)(C)C)CC2)c1.I. The first-order valence-corrected chi connectivity index (χ1v) is 9.25. The molecule has 0 radical (unpaired) electrons. The number of amides is 1. The monoisotopic (exact) mass is 488 g/mol. The Hall–Kier alpha value is -1.51. The molecule has 1 aliphatic heterocycles. The molecule has 3 N–H and O–H groups in total. The van der Waals surface area contributed by atoms with E-state index in [0.29, 0.717) is 31.5 Å². The summed E-state index contributed by atoms with van der Waals surface area (Å²) in [5.41, 5.74) is 8.91. The van der Waals surface area contributed by atoms with Gasteiger partial charge in [0.2, 0.25) is 0 Å². The van der Waals surface area contributed by atoms with Gasteiger partial charge in [-0.3, -0.25) is 4.99 Å². The number of piperidine rings is 1. The average Bonchev–Trinajstić information content (AvgIpc) is 2.50. The number of aliphatic imine (C=N–C) groups is 1. The zero-order chi connectivity index (χ0) is 19.3. The van der Waals surface area contributed by atoms with Gasteiger partial charge in [0.25, 0.3) is 0 Å². The van der Waals surface area contributed by atoms with Crippen LogP contribution in [0.25, 0.3) is 0 Å². The van der Waals surface area contributed by atoms with Gasteiger partial charge in [0, 0.05) is 25.3 Å². The number of likely N-dealkylation sites (tertiary alicyclic amines) is 1. The van der Waals surface area contributed by atoms with Crippen LogP contribution in [0.3, 0.4) is 0 Å². The maximum absolute atomic E-state index is 12.1. The van der Waals surface area contributed by atoms with E-state index < -0.39 is 5.60 Å². The Morgan fingerprint density at radius 2 is 1.78 bits per heavy atom. The molecular formula is C20H33IN4O2. The fourth-order valence-electron chi connectivity index (χ4n) is 3.09. The van der Waals surface area contributed by atoms with Gasteiger partial charge in [-0.15, -0.1) is 24.0 Å². The maximum atomic E-state index is 12.1. The highest BCUT2D eigenvalue weighted by Gasteiger charge is 2.26. The van der Waals surface area contributed by atoms with E-state index in [-0.39, 0.29) is 30.1 Å². The predicted molar refractivity (Wildman–Crippen MR) is 122 cm³/mol. The van der Waals surface area contributed by atoms with Gasteiger partial charge in [0.05, 0.1) is 0 Å². The minimum absolute atomic E-state index is 0. The topological polar surface area (TPSA) is 80.0 Å². The average molecular weight is 488 g/mol. The Morgan fingerprint density at radius 3 is 2.30 bits per heavy atom. The summed E-state index contributed by atoms with van der Waals surface area (Å²) < 4.78 is 5.43. The number of nitrogens with two attached hydrogens (primary N) is 1. The van der Waals surface area contributed by atoms with Crippen LogP contribution in [-0.4, -0.2) is 42.2 Å². The number of anilines is 1. The zero-order valence-corrected chi connectivity index (χ0v) is 19.4. The second kappa shape index (κ2) is 10.1.